The van der Waals surface area contributed by atoms with Crippen LogP contribution in [0.5, 0.6) is 0 Å². The van der Waals surface area contributed by atoms with Crippen molar-refractivity contribution in [2.45, 2.75) is 6.92 Å². The predicted molar refractivity (Wildman–Crippen MR) is 61.9 cm³/mol. The van der Waals surface area contributed by atoms with Gasteiger partial charge in [0, 0.05) is 24.8 Å². The third kappa shape index (κ3) is 4.74. The Morgan fingerprint density at radius 1 is 1.12 bits per heavy atom. The first-order valence-electron chi connectivity index (χ1n) is 4.93. The van der Waals surface area contributed by atoms with Crippen LogP contribution in [0.1, 0.15) is 17.3 Å². The number of hydrogen-bond acceptors (Lipinski definition) is 3. The quantitative estimate of drug-likeness (QED) is 0.749. The highest BCUT2D eigenvalue weighted by atomic mass is 16.2. The first kappa shape index (κ1) is 12.6. The Kier molecular flexibility index (Phi) is 4.62. The van der Waals surface area contributed by atoms with E-state index in [-0.39, 0.29) is 5.91 Å². The molecule has 0 saturated carbocycles. The summed E-state index contributed by atoms with van der Waals surface area (Å²) in [5, 5.41) is 4.45. The largest absolute Gasteiger partial charge is 0.333 e. The molecule has 0 saturated heterocycles. The SMILES string of the molecule is CC(=O)N/C=C\C(=O)NC(=O)c1ccccc1. The summed E-state index contributed by atoms with van der Waals surface area (Å²) in [4.78, 5) is 33.2. The van der Waals surface area contributed by atoms with Crippen molar-refractivity contribution in [2.75, 3.05) is 0 Å². The number of nitrogens with one attached hydrogen (secondary N) is 2. The summed E-state index contributed by atoms with van der Waals surface area (Å²) >= 11 is 0. The van der Waals surface area contributed by atoms with Gasteiger partial charge in [0.15, 0.2) is 0 Å². The second-order valence-corrected chi connectivity index (χ2v) is 3.22. The highest BCUT2D eigenvalue weighted by molar-refractivity contribution is 6.07. The van der Waals surface area contributed by atoms with E-state index in [1.54, 1.807) is 30.3 Å². The molecule has 5 heteroatoms. The molecule has 5 nitrogen and oxygen atoms in total. The molecule has 0 fully saturated rings. The Morgan fingerprint density at radius 3 is 2.35 bits per heavy atom. The highest BCUT2D eigenvalue weighted by Gasteiger charge is 2.06. The highest BCUT2D eigenvalue weighted by Crippen LogP contribution is 1.97. The smallest absolute Gasteiger partial charge is 0.258 e. The summed E-state index contributed by atoms with van der Waals surface area (Å²) in [6.07, 6.45) is 2.25. The fourth-order valence-corrected chi connectivity index (χ4v) is 1.05. The average molecular weight is 232 g/mol. The third-order valence-corrected chi connectivity index (χ3v) is 1.79. The molecule has 3 amide bonds. The zero-order chi connectivity index (χ0) is 12.7. The minimum Gasteiger partial charge on any atom is -0.333 e. The molecule has 0 aliphatic rings. The fraction of sp³-hybridized carbons (Fsp3) is 0.0833. The van der Waals surface area contributed by atoms with Crippen molar-refractivity contribution in [3.63, 3.8) is 0 Å². The molecular formula is C12H12N2O3. The molecule has 1 aromatic carbocycles. The van der Waals surface area contributed by atoms with Gasteiger partial charge in [0.05, 0.1) is 0 Å². The van der Waals surface area contributed by atoms with Crippen LogP contribution in [-0.4, -0.2) is 17.7 Å². The molecule has 0 bridgehead atoms. The number of amides is 3. The van der Waals surface area contributed by atoms with Crippen molar-refractivity contribution in [2.24, 2.45) is 0 Å². The maximum absolute atomic E-state index is 11.5. The number of carbonyl (C=O) groups excluding carboxylic acids is 3. The van der Waals surface area contributed by atoms with Crippen LogP contribution in [0.2, 0.25) is 0 Å². The molecule has 0 radical (unpaired) electrons. The van der Waals surface area contributed by atoms with E-state index in [0.29, 0.717) is 5.56 Å². The molecule has 0 heterocycles. The Bertz CT molecular complexity index is 452. The van der Waals surface area contributed by atoms with Crippen LogP contribution < -0.4 is 10.6 Å². The standard InChI is InChI=1S/C12H12N2O3/c1-9(15)13-8-7-11(16)14-12(17)10-5-3-2-4-6-10/h2-8H,1H3,(H,13,15)(H,14,16,17)/b8-7-. The molecule has 1 aromatic rings. The van der Waals surface area contributed by atoms with Gasteiger partial charge in [-0.15, -0.1) is 0 Å². The zero-order valence-electron chi connectivity index (χ0n) is 9.27. The van der Waals surface area contributed by atoms with Crippen LogP contribution in [0.15, 0.2) is 42.6 Å². The van der Waals surface area contributed by atoms with Crippen LogP contribution in [0, 0.1) is 0 Å². The molecule has 0 aromatic heterocycles. The van der Waals surface area contributed by atoms with Gasteiger partial charge in [0.1, 0.15) is 0 Å². The van der Waals surface area contributed by atoms with E-state index in [0.717, 1.165) is 6.08 Å². The Balaban J connectivity index is 2.50. The fourth-order valence-electron chi connectivity index (χ4n) is 1.05. The molecule has 0 aliphatic carbocycles. The zero-order valence-corrected chi connectivity index (χ0v) is 9.27. The molecule has 0 unspecified atom stereocenters. The van der Waals surface area contributed by atoms with E-state index >= 15 is 0 Å². The van der Waals surface area contributed by atoms with Crippen molar-refractivity contribution < 1.29 is 14.4 Å². The van der Waals surface area contributed by atoms with Crippen LogP contribution in [0.3, 0.4) is 0 Å². The number of rotatable bonds is 3. The summed E-state index contributed by atoms with van der Waals surface area (Å²) in [6, 6.07) is 8.37. The number of hydrogen-bond donors (Lipinski definition) is 2. The van der Waals surface area contributed by atoms with E-state index in [1.807, 2.05) is 0 Å². The van der Waals surface area contributed by atoms with Crippen molar-refractivity contribution >= 4 is 17.7 Å². The van der Waals surface area contributed by atoms with Gasteiger partial charge >= 0.3 is 0 Å². The lowest BCUT2D eigenvalue weighted by Gasteiger charge is -2.00. The van der Waals surface area contributed by atoms with Gasteiger partial charge in [-0.05, 0) is 12.1 Å². The van der Waals surface area contributed by atoms with Gasteiger partial charge < -0.3 is 5.32 Å². The molecule has 0 atom stereocenters. The lowest BCUT2D eigenvalue weighted by atomic mass is 10.2. The van der Waals surface area contributed by atoms with Gasteiger partial charge in [0.25, 0.3) is 11.8 Å². The second kappa shape index (κ2) is 6.22. The van der Waals surface area contributed by atoms with Crippen LogP contribution >= 0.6 is 0 Å². The van der Waals surface area contributed by atoms with Gasteiger partial charge in [-0.1, -0.05) is 18.2 Å². The maximum atomic E-state index is 11.5. The van der Waals surface area contributed by atoms with E-state index in [9.17, 15) is 14.4 Å². The summed E-state index contributed by atoms with van der Waals surface area (Å²) in [5.74, 6) is -1.36. The van der Waals surface area contributed by atoms with E-state index in [4.69, 9.17) is 0 Å². The van der Waals surface area contributed by atoms with E-state index in [1.165, 1.54) is 13.1 Å². The summed E-state index contributed by atoms with van der Waals surface area (Å²) in [6.45, 7) is 1.32. The lowest BCUT2D eigenvalue weighted by Crippen LogP contribution is -2.29. The van der Waals surface area contributed by atoms with Crippen LogP contribution in [0.25, 0.3) is 0 Å². The van der Waals surface area contributed by atoms with Crippen molar-refractivity contribution in [1.82, 2.24) is 10.6 Å². The molecule has 2 N–H and O–H groups in total. The minimum absolute atomic E-state index is 0.288. The number of imide groups is 1. The normalized spacial score (nSPS) is 9.94. The Hall–Kier alpha value is -2.43. The van der Waals surface area contributed by atoms with Gasteiger partial charge in [0.2, 0.25) is 5.91 Å². The summed E-state index contributed by atoms with van der Waals surface area (Å²) in [5.41, 5.74) is 0.397. The second-order valence-electron chi connectivity index (χ2n) is 3.22. The lowest BCUT2D eigenvalue weighted by molar-refractivity contribution is -0.118. The van der Waals surface area contributed by atoms with Gasteiger partial charge in [-0.3, -0.25) is 19.7 Å². The molecule has 0 spiro atoms. The van der Waals surface area contributed by atoms with Crippen molar-refractivity contribution in [1.29, 1.82) is 0 Å². The Labute approximate surface area is 98.5 Å². The Morgan fingerprint density at radius 2 is 1.76 bits per heavy atom. The van der Waals surface area contributed by atoms with E-state index < -0.39 is 11.8 Å². The third-order valence-electron chi connectivity index (χ3n) is 1.79. The van der Waals surface area contributed by atoms with Gasteiger partial charge in [-0.25, -0.2) is 0 Å². The maximum Gasteiger partial charge on any atom is 0.258 e. The first-order valence-corrected chi connectivity index (χ1v) is 4.93. The molecule has 17 heavy (non-hydrogen) atoms. The minimum atomic E-state index is -0.590. The topological polar surface area (TPSA) is 75.3 Å². The monoisotopic (exact) mass is 232 g/mol. The van der Waals surface area contributed by atoms with E-state index in [2.05, 4.69) is 10.6 Å². The number of benzene rings is 1. The van der Waals surface area contributed by atoms with Gasteiger partial charge in [-0.2, -0.15) is 0 Å². The van der Waals surface area contributed by atoms with Crippen molar-refractivity contribution in [3.05, 3.63) is 48.2 Å². The van der Waals surface area contributed by atoms with Crippen molar-refractivity contribution in [3.8, 4) is 0 Å². The molecular weight excluding hydrogens is 220 g/mol. The summed E-state index contributed by atoms with van der Waals surface area (Å²) < 4.78 is 0. The average Bonchev–Trinajstić information content (AvgIpc) is 2.29. The molecule has 88 valence electrons. The molecule has 1 rings (SSSR count). The van der Waals surface area contributed by atoms with Crippen LogP contribution in [0.4, 0.5) is 0 Å². The predicted octanol–water partition coefficient (Wildman–Crippen LogP) is 0.593. The summed E-state index contributed by atoms with van der Waals surface area (Å²) in [7, 11) is 0. The van der Waals surface area contributed by atoms with Crippen LogP contribution in [-0.2, 0) is 9.59 Å². The first-order chi connectivity index (χ1) is 8.09. The number of carbonyl (C=O) groups is 3. The molecule has 0 aliphatic heterocycles.